The third-order valence-electron chi connectivity index (χ3n) is 3.92. The van der Waals surface area contributed by atoms with Gasteiger partial charge in [0.15, 0.2) is 0 Å². The lowest BCUT2D eigenvalue weighted by atomic mass is 10.3. The summed E-state index contributed by atoms with van der Waals surface area (Å²) in [7, 11) is 0. The van der Waals surface area contributed by atoms with Gasteiger partial charge in [0.2, 0.25) is 0 Å². The standard InChI is InChI=1S/C20H26N4O3/c1-15(2)21-13-16(25)14-27-18-9-7-17(8-10-18)26-12-11-24-22-19-5-3-4-6-20(19)23-24/h3-10,15-16,21,25H,11-14H2,1-2H3. The molecule has 0 saturated heterocycles. The Morgan fingerprint density at radius 3 is 2.15 bits per heavy atom. The molecule has 1 aromatic heterocycles. The Labute approximate surface area is 158 Å². The highest BCUT2D eigenvalue weighted by molar-refractivity contribution is 5.72. The molecule has 1 heterocycles. The number of nitrogens with zero attached hydrogens (tertiary/aromatic N) is 3. The van der Waals surface area contributed by atoms with E-state index in [9.17, 15) is 5.11 Å². The quantitative estimate of drug-likeness (QED) is 0.570. The fraction of sp³-hybridized carbons (Fsp3) is 0.400. The molecular weight excluding hydrogens is 344 g/mol. The molecular formula is C20H26N4O3. The predicted molar refractivity (Wildman–Crippen MR) is 104 cm³/mol. The molecule has 0 aliphatic carbocycles. The summed E-state index contributed by atoms with van der Waals surface area (Å²) in [5, 5.41) is 21.8. The van der Waals surface area contributed by atoms with Gasteiger partial charge >= 0.3 is 0 Å². The first-order chi connectivity index (χ1) is 13.1. The lowest BCUT2D eigenvalue weighted by molar-refractivity contribution is 0.104. The van der Waals surface area contributed by atoms with E-state index < -0.39 is 6.10 Å². The summed E-state index contributed by atoms with van der Waals surface area (Å²) >= 11 is 0. The van der Waals surface area contributed by atoms with Crippen molar-refractivity contribution in [1.29, 1.82) is 0 Å². The molecule has 144 valence electrons. The molecule has 0 aliphatic rings. The molecule has 0 spiro atoms. The molecule has 2 N–H and O–H groups in total. The summed E-state index contributed by atoms with van der Waals surface area (Å²) in [4.78, 5) is 1.65. The number of hydrogen-bond acceptors (Lipinski definition) is 6. The molecule has 3 rings (SSSR count). The number of benzene rings is 2. The van der Waals surface area contributed by atoms with E-state index in [4.69, 9.17) is 9.47 Å². The molecule has 3 aromatic rings. The molecule has 0 aliphatic heterocycles. The lowest BCUT2D eigenvalue weighted by Gasteiger charge is -2.15. The first-order valence-electron chi connectivity index (χ1n) is 9.17. The van der Waals surface area contributed by atoms with Crippen molar-refractivity contribution >= 4 is 11.0 Å². The summed E-state index contributed by atoms with van der Waals surface area (Å²) in [6.07, 6.45) is -0.541. The molecule has 7 nitrogen and oxygen atoms in total. The molecule has 0 saturated carbocycles. The average molecular weight is 370 g/mol. The molecule has 0 bridgehead atoms. The minimum absolute atomic E-state index is 0.248. The summed E-state index contributed by atoms with van der Waals surface area (Å²) in [6, 6.07) is 15.5. The van der Waals surface area contributed by atoms with Gasteiger partial charge in [-0.3, -0.25) is 0 Å². The Balaban J connectivity index is 1.41. The molecule has 1 atom stereocenters. The smallest absolute Gasteiger partial charge is 0.119 e. The predicted octanol–water partition coefficient (Wildman–Crippen LogP) is 2.25. The van der Waals surface area contributed by atoms with Crippen molar-refractivity contribution in [2.24, 2.45) is 0 Å². The van der Waals surface area contributed by atoms with Crippen LogP contribution in [0, 0.1) is 0 Å². The van der Waals surface area contributed by atoms with E-state index in [0.29, 0.717) is 31.5 Å². The Kier molecular flexibility index (Phi) is 6.62. The van der Waals surface area contributed by atoms with E-state index >= 15 is 0 Å². The van der Waals surface area contributed by atoms with Crippen LogP contribution in [0.5, 0.6) is 11.5 Å². The minimum atomic E-state index is -0.541. The van der Waals surface area contributed by atoms with Gasteiger partial charge in [-0.1, -0.05) is 26.0 Å². The van der Waals surface area contributed by atoms with Crippen LogP contribution in [0.2, 0.25) is 0 Å². The van der Waals surface area contributed by atoms with Gasteiger partial charge in [-0.15, -0.1) is 0 Å². The second kappa shape index (κ2) is 9.34. The number of nitrogens with one attached hydrogen (secondary N) is 1. The minimum Gasteiger partial charge on any atom is -0.492 e. The second-order valence-electron chi connectivity index (χ2n) is 6.63. The van der Waals surface area contributed by atoms with E-state index in [1.165, 1.54) is 0 Å². The van der Waals surface area contributed by atoms with Crippen molar-refractivity contribution in [2.45, 2.75) is 32.5 Å². The largest absolute Gasteiger partial charge is 0.492 e. The van der Waals surface area contributed by atoms with Crippen LogP contribution in [0.4, 0.5) is 0 Å². The molecule has 0 radical (unpaired) electrons. The number of aliphatic hydroxyl groups excluding tert-OH is 1. The Hall–Kier alpha value is -2.64. The normalized spacial score (nSPS) is 12.4. The molecule has 0 amide bonds. The van der Waals surface area contributed by atoms with Gasteiger partial charge in [-0.05, 0) is 36.4 Å². The molecule has 7 heteroatoms. The van der Waals surface area contributed by atoms with E-state index in [-0.39, 0.29) is 6.61 Å². The van der Waals surface area contributed by atoms with Crippen LogP contribution in [-0.2, 0) is 6.54 Å². The topological polar surface area (TPSA) is 81.4 Å². The van der Waals surface area contributed by atoms with E-state index in [1.807, 2.05) is 62.4 Å². The van der Waals surface area contributed by atoms with Gasteiger partial charge in [0.05, 0.1) is 6.54 Å². The zero-order chi connectivity index (χ0) is 19.1. The van der Waals surface area contributed by atoms with Gasteiger partial charge in [0.25, 0.3) is 0 Å². The van der Waals surface area contributed by atoms with Crippen molar-refractivity contribution < 1.29 is 14.6 Å². The van der Waals surface area contributed by atoms with Gasteiger partial charge in [0.1, 0.15) is 41.9 Å². The van der Waals surface area contributed by atoms with Crippen LogP contribution < -0.4 is 14.8 Å². The molecule has 27 heavy (non-hydrogen) atoms. The summed E-state index contributed by atoms with van der Waals surface area (Å²) in [6.45, 7) is 5.88. The van der Waals surface area contributed by atoms with Gasteiger partial charge < -0.3 is 19.9 Å². The number of aromatic nitrogens is 3. The van der Waals surface area contributed by atoms with Crippen molar-refractivity contribution in [2.75, 3.05) is 19.8 Å². The van der Waals surface area contributed by atoms with Crippen LogP contribution in [0.3, 0.4) is 0 Å². The Morgan fingerprint density at radius 2 is 1.56 bits per heavy atom. The highest BCUT2D eigenvalue weighted by atomic mass is 16.5. The number of ether oxygens (including phenoxy) is 2. The number of fused-ring (bicyclic) bond motifs is 1. The lowest BCUT2D eigenvalue weighted by Crippen LogP contribution is -2.35. The third kappa shape index (κ3) is 5.94. The summed E-state index contributed by atoms with van der Waals surface area (Å²) in [5.74, 6) is 1.45. The maximum absolute atomic E-state index is 9.86. The Morgan fingerprint density at radius 1 is 0.963 bits per heavy atom. The van der Waals surface area contributed by atoms with E-state index in [2.05, 4.69) is 15.5 Å². The van der Waals surface area contributed by atoms with Gasteiger partial charge in [-0.25, -0.2) is 0 Å². The van der Waals surface area contributed by atoms with Gasteiger partial charge in [-0.2, -0.15) is 15.0 Å². The fourth-order valence-electron chi connectivity index (χ4n) is 2.50. The van der Waals surface area contributed by atoms with Crippen molar-refractivity contribution in [1.82, 2.24) is 20.3 Å². The number of rotatable bonds is 10. The third-order valence-corrected chi connectivity index (χ3v) is 3.92. The maximum Gasteiger partial charge on any atom is 0.119 e. The maximum atomic E-state index is 9.86. The molecule has 2 aromatic carbocycles. The highest BCUT2D eigenvalue weighted by Crippen LogP contribution is 2.18. The van der Waals surface area contributed by atoms with Crippen LogP contribution in [0.1, 0.15) is 13.8 Å². The van der Waals surface area contributed by atoms with Crippen molar-refractivity contribution in [3.63, 3.8) is 0 Å². The van der Waals surface area contributed by atoms with E-state index in [1.54, 1.807) is 4.80 Å². The first-order valence-corrected chi connectivity index (χ1v) is 9.17. The SMILES string of the molecule is CC(C)NCC(O)COc1ccc(OCCn2nc3ccccc3n2)cc1. The van der Waals surface area contributed by atoms with E-state index in [0.717, 1.165) is 16.8 Å². The summed E-state index contributed by atoms with van der Waals surface area (Å²) < 4.78 is 11.3. The Bertz CT molecular complexity index is 800. The number of hydrogen-bond donors (Lipinski definition) is 2. The molecule has 0 fully saturated rings. The highest BCUT2D eigenvalue weighted by Gasteiger charge is 2.06. The average Bonchev–Trinajstić information content (AvgIpc) is 3.08. The van der Waals surface area contributed by atoms with Crippen molar-refractivity contribution in [3.05, 3.63) is 48.5 Å². The van der Waals surface area contributed by atoms with Crippen molar-refractivity contribution in [3.8, 4) is 11.5 Å². The molecule has 1 unspecified atom stereocenters. The summed E-state index contributed by atoms with van der Waals surface area (Å²) in [5.41, 5.74) is 1.76. The van der Waals surface area contributed by atoms with Crippen LogP contribution in [0.25, 0.3) is 11.0 Å². The van der Waals surface area contributed by atoms with Crippen LogP contribution in [-0.4, -0.2) is 52.0 Å². The number of aliphatic hydroxyl groups is 1. The fourth-order valence-corrected chi connectivity index (χ4v) is 2.50. The zero-order valence-corrected chi connectivity index (χ0v) is 15.7. The van der Waals surface area contributed by atoms with Crippen LogP contribution in [0.15, 0.2) is 48.5 Å². The monoisotopic (exact) mass is 370 g/mol. The zero-order valence-electron chi connectivity index (χ0n) is 15.7. The van der Waals surface area contributed by atoms with Crippen LogP contribution >= 0.6 is 0 Å². The van der Waals surface area contributed by atoms with Gasteiger partial charge in [0, 0.05) is 12.6 Å². The second-order valence-corrected chi connectivity index (χ2v) is 6.63. The first kappa shape index (κ1) is 19.1.